The van der Waals surface area contributed by atoms with Crippen molar-refractivity contribution < 1.29 is 4.79 Å². The Labute approximate surface area is 127 Å². The van der Waals surface area contributed by atoms with Crippen LogP contribution in [0.3, 0.4) is 0 Å². The maximum Gasteiger partial charge on any atom is 0.241 e. The maximum absolute atomic E-state index is 12.4. The first-order chi connectivity index (χ1) is 9.97. The highest BCUT2D eigenvalue weighted by molar-refractivity contribution is 5.94. The molecule has 1 saturated carbocycles. The summed E-state index contributed by atoms with van der Waals surface area (Å²) in [5.74, 6) is 0.731. The fraction of sp³-hybridized carbons (Fsp3) is 0.588. The predicted octanol–water partition coefficient (Wildman–Crippen LogP) is 3.11. The molecule has 4 heteroatoms. The van der Waals surface area contributed by atoms with E-state index in [2.05, 4.69) is 24.1 Å². The number of nitrogen functional groups attached to an aromatic ring is 1. The third-order valence-electron chi connectivity index (χ3n) is 4.04. The predicted molar refractivity (Wildman–Crippen MR) is 88.1 cm³/mol. The number of nitrogens with one attached hydrogen (secondary N) is 1. The van der Waals surface area contributed by atoms with E-state index in [0.717, 1.165) is 18.7 Å². The second kappa shape index (κ2) is 6.94. The number of rotatable bonds is 7. The maximum atomic E-state index is 12.4. The molecule has 3 N–H and O–H groups in total. The highest BCUT2D eigenvalue weighted by atomic mass is 16.2. The summed E-state index contributed by atoms with van der Waals surface area (Å²) in [6.45, 7) is 7.46. The Bertz CT molecular complexity index is 465. The Hall–Kier alpha value is -1.55. The van der Waals surface area contributed by atoms with Crippen molar-refractivity contribution in [3.63, 3.8) is 0 Å². The standard InChI is InChI=1S/C17H27N3O/c1-12(2)10-11-20(16-8-9-16)13(3)17(21)19-15-6-4-14(18)5-7-15/h4-7,12-13,16H,8-11,18H2,1-3H3,(H,19,21). The molecule has 116 valence electrons. The van der Waals surface area contributed by atoms with Crippen LogP contribution in [0.25, 0.3) is 0 Å². The van der Waals surface area contributed by atoms with Crippen LogP contribution in [0, 0.1) is 5.92 Å². The normalized spacial score (nSPS) is 16.2. The van der Waals surface area contributed by atoms with Crippen LogP contribution in [0.2, 0.25) is 0 Å². The van der Waals surface area contributed by atoms with Gasteiger partial charge in [-0.15, -0.1) is 0 Å². The van der Waals surface area contributed by atoms with Crippen molar-refractivity contribution in [1.82, 2.24) is 4.90 Å². The van der Waals surface area contributed by atoms with Crippen molar-refractivity contribution >= 4 is 17.3 Å². The molecule has 2 rings (SSSR count). The van der Waals surface area contributed by atoms with E-state index in [1.165, 1.54) is 12.8 Å². The van der Waals surface area contributed by atoms with Gasteiger partial charge >= 0.3 is 0 Å². The van der Waals surface area contributed by atoms with E-state index in [4.69, 9.17) is 5.73 Å². The minimum absolute atomic E-state index is 0.0652. The quantitative estimate of drug-likeness (QED) is 0.758. The summed E-state index contributed by atoms with van der Waals surface area (Å²) in [7, 11) is 0. The van der Waals surface area contributed by atoms with Crippen LogP contribution in [0.5, 0.6) is 0 Å². The molecule has 0 aromatic heterocycles. The third kappa shape index (κ3) is 4.74. The number of nitrogens with two attached hydrogens (primary N) is 1. The number of amides is 1. The Kier molecular flexibility index (Phi) is 5.23. The van der Waals surface area contributed by atoms with Gasteiger partial charge in [-0.05, 0) is 62.9 Å². The molecule has 0 heterocycles. The van der Waals surface area contributed by atoms with Crippen molar-refractivity contribution in [3.05, 3.63) is 24.3 Å². The molecule has 0 spiro atoms. The van der Waals surface area contributed by atoms with E-state index >= 15 is 0 Å². The van der Waals surface area contributed by atoms with Gasteiger partial charge in [-0.2, -0.15) is 0 Å². The summed E-state index contributed by atoms with van der Waals surface area (Å²) >= 11 is 0. The molecule has 1 amide bonds. The minimum Gasteiger partial charge on any atom is -0.399 e. The Morgan fingerprint density at radius 1 is 1.29 bits per heavy atom. The van der Waals surface area contributed by atoms with Crippen molar-refractivity contribution in [1.29, 1.82) is 0 Å². The molecular weight excluding hydrogens is 262 g/mol. The molecule has 1 aromatic carbocycles. The van der Waals surface area contributed by atoms with Crippen LogP contribution in [0.15, 0.2) is 24.3 Å². The highest BCUT2D eigenvalue weighted by Gasteiger charge is 2.34. The second-order valence-electron chi connectivity index (χ2n) is 6.44. The smallest absolute Gasteiger partial charge is 0.241 e. The van der Waals surface area contributed by atoms with Crippen LogP contribution in [0.1, 0.15) is 40.0 Å². The molecule has 0 aliphatic heterocycles. The van der Waals surface area contributed by atoms with Gasteiger partial charge in [0.25, 0.3) is 0 Å². The average Bonchev–Trinajstić information content (AvgIpc) is 3.25. The summed E-state index contributed by atoms with van der Waals surface area (Å²) in [5, 5.41) is 2.98. The van der Waals surface area contributed by atoms with Gasteiger partial charge in [0.15, 0.2) is 0 Å². The molecule has 1 aliphatic rings. The Balaban J connectivity index is 1.93. The molecule has 1 atom stereocenters. The number of benzene rings is 1. The first kappa shape index (κ1) is 15.8. The zero-order valence-corrected chi connectivity index (χ0v) is 13.3. The lowest BCUT2D eigenvalue weighted by molar-refractivity contribution is -0.121. The summed E-state index contributed by atoms with van der Waals surface area (Å²) in [4.78, 5) is 14.8. The summed E-state index contributed by atoms with van der Waals surface area (Å²) in [6, 6.07) is 7.80. The molecule has 1 unspecified atom stereocenters. The van der Waals surface area contributed by atoms with E-state index in [9.17, 15) is 4.79 Å². The van der Waals surface area contributed by atoms with Crippen molar-refractivity contribution in [2.45, 2.75) is 52.1 Å². The number of carbonyl (C=O) groups is 1. The molecule has 0 radical (unpaired) electrons. The van der Waals surface area contributed by atoms with Gasteiger partial charge in [-0.25, -0.2) is 0 Å². The van der Waals surface area contributed by atoms with Gasteiger partial charge < -0.3 is 11.1 Å². The number of hydrogen-bond acceptors (Lipinski definition) is 3. The lowest BCUT2D eigenvalue weighted by Crippen LogP contribution is -2.44. The monoisotopic (exact) mass is 289 g/mol. The summed E-state index contributed by atoms with van der Waals surface area (Å²) < 4.78 is 0. The lowest BCUT2D eigenvalue weighted by Gasteiger charge is -2.29. The minimum atomic E-state index is -0.0891. The topological polar surface area (TPSA) is 58.4 Å². The van der Waals surface area contributed by atoms with Gasteiger partial charge in [0.05, 0.1) is 6.04 Å². The number of anilines is 2. The SMILES string of the molecule is CC(C)CCN(C1CC1)C(C)C(=O)Nc1ccc(N)cc1. The van der Waals surface area contributed by atoms with E-state index in [0.29, 0.717) is 17.6 Å². The van der Waals surface area contributed by atoms with E-state index in [1.54, 1.807) is 12.1 Å². The van der Waals surface area contributed by atoms with Crippen LogP contribution < -0.4 is 11.1 Å². The highest BCUT2D eigenvalue weighted by Crippen LogP contribution is 2.29. The molecule has 0 saturated heterocycles. The molecule has 21 heavy (non-hydrogen) atoms. The van der Waals surface area contributed by atoms with Gasteiger partial charge in [0.1, 0.15) is 0 Å². The zero-order chi connectivity index (χ0) is 15.4. The lowest BCUT2D eigenvalue weighted by atomic mass is 10.1. The first-order valence-corrected chi connectivity index (χ1v) is 7.89. The van der Waals surface area contributed by atoms with Gasteiger partial charge in [-0.1, -0.05) is 13.8 Å². The number of hydrogen-bond donors (Lipinski definition) is 2. The summed E-state index contributed by atoms with van der Waals surface area (Å²) in [5.41, 5.74) is 7.17. The second-order valence-corrected chi connectivity index (χ2v) is 6.44. The van der Waals surface area contributed by atoms with Crippen molar-refractivity contribution in [2.24, 2.45) is 5.92 Å². The van der Waals surface area contributed by atoms with Crippen LogP contribution in [0.4, 0.5) is 11.4 Å². The molecule has 1 aromatic rings. The van der Waals surface area contributed by atoms with Crippen LogP contribution in [-0.4, -0.2) is 29.4 Å². The van der Waals surface area contributed by atoms with Gasteiger partial charge in [-0.3, -0.25) is 9.69 Å². The zero-order valence-electron chi connectivity index (χ0n) is 13.3. The fourth-order valence-corrected chi connectivity index (χ4v) is 2.47. The average molecular weight is 289 g/mol. The van der Waals surface area contributed by atoms with Gasteiger partial charge in [0.2, 0.25) is 5.91 Å². The Morgan fingerprint density at radius 2 is 1.90 bits per heavy atom. The first-order valence-electron chi connectivity index (χ1n) is 7.89. The van der Waals surface area contributed by atoms with Crippen molar-refractivity contribution in [2.75, 3.05) is 17.6 Å². The van der Waals surface area contributed by atoms with Crippen LogP contribution in [-0.2, 0) is 4.79 Å². The number of carbonyl (C=O) groups excluding carboxylic acids is 1. The molecule has 0 bridgehead atoms. The van der Waals surface area contributed by atoms with E-state index in [-0.39, 0.29) is 11.9 Å². The van der Waals surface area contributed by atoms with Gasteiger partial charge in [0, 0.05) is 17.4 Å². The third-order valence-corrected chi connectivity index (χ3v) is 4.04. The van der Waals surface area contributed by atoms with Crippen LogP contribution >= 0.6 is 0 Å². The van der Waals surface area contributed by atoms with E-state index in [1.807, 2.05) is 19.1 Å². The molecule has 1 fully saturated rings. The summed E-state index contributed by atoms with van der Waals surface area (Å²) in [6.07, 6.45) is 3.57. The number of nitrogens with zero attached hydrogens (tertiary/aromatic N) is 1. The fourth-order valence-electron chi connectivity index (χ4n) is 2.47. The molecular formula is C17H27N3O. The van der Waals surface area contributed by atoms with Crippen molar-refractivity contribution in [3.8, 4) is 0 Å². The Morgan fingerprint density at radius 3 is 2.43 bits per heavy atom. The molecule has 1 aliphatic carbocycles. The molecule has 4 nitrogen and oxygen atoms in total. The largest absolute Gasteiger partial charge is 0.399 e. The van der Waals surface area contributed by atoms with E-state index < -0.39 is 0 Å².